The van der Waals surface area contributed by atoms with Crippen molar-refractivity contribution >= 4 is 17.9 Å². The second-order valence-electron chi connectivity index (χ2n) is 23.8. The number of carbonyl (C=O) groups excluding carboxylic acids is 3. The van der Waals surface area contributed by atoms with Gasteiger partial charge in [-0.05, 0) is 44.9 Å². The summed E-state index contributed by atoms with van der Waals surface area (Å²) in [6, 6.07) is 0. The number of esters is 3. The van der Waals surface area contributed by atoms with E-state index in [1.807, 2.05) is 0 Å². The molecule has 6 heteroatoms. The lowest BCUT2D eigenvalue weighted by Gasteiger charge is -2.18. The van der Waals surface area contributed by atoms with Gasteiger partial charge in [-0.15, -0.1) is 0 Å². The Morgan fingerprint density at radius 2 is 0.494 bits per heavy atom. The van der Waals surface area contributed by atoms with Gasteiger partial charge in [-0.2, -0.15) is 0 Å². The standard InChI is InChI=1S/C71H134O6/c1-4-7-10-13-16-19-22-25-27-29-31-33-34-35-36-37-38-40-41-43-46-49-52-55-58-61-64-70(73)76-67-68(66-75-69(72)63-60-57-54-51-48-45-24-21-18-15-12-9-6-3)77-71(74)65-62-59-56-53-50-47-44-42-39-32-30-28-26-23-20-17-14-11-8-5-2/h12,15,21,24,68H,4-11,13-14,16-20,22-23,25-67H2,1-3H3/b15-12-,24-21-. The molecule has 0 saturated heterocycles. The lowest BCUT2D eigenvalue weighted by atomic mass is 10.0. The van der Waals surface area contributed by atoms with Crippen molar-refractivity contribution in [1.29, 1.82) is 0 Å². The molecule has 6 nitrogen and oxygen atoms in total. The van der Waals surface area contributed by atoms with Crippen molar-refractivity contribution in [3.05, 3.63) is 24.3 Å². The van der Waals surface area contributed by atoms with E-state index in [2.05, 4.69) is 45.1 Å². The zero-order valence-corrected chi connectivity index (χ0v) is 52.3. The molecule has 0 fully saturated rings. The molecule has 0 aliphatic carbocycles. The van der Waals surface area contributed by atoms with E-state index in [0.29, 0.717) is 19.3 Å². The van der Waals surface area contributed by atoms with E-state index in [1.54, 1.807) is 0 Å². The van der Waals surface area contributed by atoms with Crippen LogP contribution in [0.25, 0.3) is 0 Å². The summed E-state index contributed by atoms with van der Waals surface area (Å²) in [6.45, 7) is 6.65. The molecule has 0 saturated carbocycles. The summed E-state index contributed by atoms with van der Waals surface area (Å²) >= 11 is 0. The molecule has 0 rings (SSSR count). The Balaban J connectivity index is 4.20. The van der Waals surface area contributed by atoms with Crippen molar-refractivity contribution in [2.75, 3.05) is 13.2 Å². The summed E-state index contributed by atoms with van der Waals surface area (Å²) < 4.78 is 17.0. The molecule has 0 aliphatic heterocycles. The van der Waals surface area contributed by atoms with Gasteiger partial charge in [-0.25, -0.2) is 0 Å². The summed E-state index contributed by atoms with van der Waals surface area (Å²) in [6.07, 6.45) is 80.7. The lowest BCUT2D eigenvalue weighted by Crippen LogP contribution is -2.30. The molecule has 0 aromatic heterocycles. The highest BCUT2D eigenvalue weighted by molar-refractivity contribution is 5.71. The molecule has 0 amide bonds. The van der Waals surface area contributed by atoms with Gasteiger partial charge in [0.05, 0.1) is 0 Å². The summed E-state index contributed by atoms with van der Waals surface area (Å²) in [7, 11) is 0. The topological polar surface area (TPSA) is 78.9 Å². The van der Waals surface area contributed by atoms with Gasteiger partial charge in [0, 0.05) is 19.3 Å². The minimum absolute atomic E-state index is 0.0694. The quantitative estimate of drug-likeness (QED) is 0.0261. The summed E-state index contributed by atoms with van der Waals surface area (Å²) in [5.41, 5.74) is 0. The van der Waals surface area contributed by atoms with E-state index in [9.17, 15) is 14.4 Å². The fourth-order valence-electron chi connectivity index (χ4n) is 10.7. The average molecular weight is 1080 g/mol. The molecule has 0 bridgehead atoms. The van der Waals surface area contributed by atoms with Gasteiger partial charge in [0.25, 0.3) is 0 Å². The smallest absolute Gasteiger partial charge is 0.306 e. The first-order valence-corrected chi connectivity index (χ1v) is 34.8. The average Bonchev–Trinajstić information content (AvgIpc) is 3.43. The SMILES string of the molecule is CCC/C=C\C/C=C\CCCCCCCC(=O)OCC(COC(=O)CCCCCCCCCCCCCCCCCCCCCCCCCCCC)OC(=O)CCCCCCCCCCCCCCCCCCCCCC. The van der Waals surface area contributed by atoms with E-state index in [0.717, 1.165) is 83.5 Å². The van der Waals surface area contributed by atoms with E-state index in [-0.39, 0.29) is 31.1 Å². The Labute approximate surface area is 481 Å². The normalized spacial score (nSPS) is 12.1. The van der Waals surface area contributed by atoms with Crippen molar-refractivity contribution in [1.82, 2.24) is 0 Å². The molecule has 0 aromatic rings. The molecule has 454 valence electrons. The molecule has 0 heterocycles. The van der Waals surface area contributed by atoms with Crippen LogP contribution >= 0.6 is 0 Å². The molecule has 0 N–H and O–H groups in total. The zero-order chi connectivity index (χ0) is 55.7. The maximum atomic E-state index is 12.9. The van der Waals surface area contributed by atoms with Crippen molar-refractivity contribution in [2.24, 2.45) is 0 Å². The van der Waals surface area contributed by atoms with Crippen LogP contribution in [0.3, 0.4) is 0 Å². The lowest BCUT2D eigenvalue weighted by molar-refractivity contribution is -0.167. The Kier molecular flexibility index (Phi) is 64.6. The summed E-state index contributed by atoms with van der Waals surface area (Å²) in [4.78, 5) is 38.4. The number of rotatable bonds is 65. The minimum atomic E-state index is -0.774. The molecule has 1 unspecified atom stereocenters. The third-order valence-corrected chi connectivity index (χ3v) is 15.9. The number of unbranched alkanes of at least 4 members (excludes halogenated alkanes) is 50. The predicted octanol–water partition coefficient (Wildman–Crippen LogP) is 23.8. The van der Waals surface area contributed by atoms with Crippen molar-refractivity contribution < 1.29 is 28.6 Å². The van der Waals surface area contributed by atoms with Crippen LogP contribution in [-0.2, 0) is 28.6 Å². The van der Waals surface area contributed by atoms with Crippen molar-refractivity contribution in [3.63, 3.8) is 0 Å². The van der Waals surface area contributed by atoms with Crippen molar-refractivity contribution in [3.8, 4) is 0 Å². The highest BCUT2D eigenvalue weighted by atomic mass is 16.6. The summed E-state index contributed by atoms with van der Waals surface area (Å²) in [5.74, 6) is -0.853. The van der Waals surface area contributed by atoms with Crippen LogP contribution in [0.4, 0.5) is 0 Å². The summed E-state index contributed by atoms with van der Waals surface area (Å²) in [5, 5.41) is 0. The van der Waals surface area contributed by atoms with Gasteiger partial charge < -0.3 is 14.2 Å². The van der Waals surface area contributed by atoms with Crippen LogP contribution in [0, 0.1) is 0 Å². The molecular formula is C71H134O6. The Morgan fingerprint density at radius 1 is 0.260 bits per heavy atom. The number of allylic oxidation sites excluding steroid dienone is 4. The Bertz CT molecular complexity index is 1240. The highest BCUT2D eigenvalue weighted by Crippen LogP contribution is 2.19. The van der Waals surface area contributed by atoms with Gasteiger partial charge in [-0.1, -0.05) is 353 Å². The number of ether oxygens (including phenoxy) is 3. The first-order chi connectivity index (χ1) is 38.0. The molecule has 77 heavy (non-hydrogen) atoms. The van der Waals surface area contributed by atoms with Crippen LogP contribution in [-0.4, -0.2) is 37.2 Å². The maximum absolute atomic E-state index is 12.9. The van der Waals surface area contributed by atoms with Gasteiger partial charge in [0.1, 0.15) is 13.2 Å². The maximum Gasteiger partial charge on any atom is 0.306 e. The monoisotopic (exact) mass is 1080 g/mol. The minimum Gasteiger partial charge on any atom is -0.462 e. The predicted molar refractivity (Wildman–Crippen MR) is 335 cm³/mol. The number of carbonyl (C=O) groups is 3. The van der Waals surface area contributed by atoms with Crippen molar-refractivity contribution in [2.45, 2.75) is 399 Å². The first kappa shape index (κ1) is 74.9. The van der Waals surface area contributed by atoms with Gasteiger partial charge >= 0.3 is 17.9 Å². The van der Waals surface area contributed by atoms with E-state index in [4.69, 9.17) is 14.2 Å². The largest absolute Gasteiger partial charge is 0.462 e. The highest BCUT2D eigenvalue weighted by Gasteiger charge is 2.19. The number of hydrogen-bond acceptors (Lipinski definition) is 6. The van der Waals surface area contributed by atoms with E-state index < -0.39 is 6.10 Å². The third-order valence-electron chi connectivity index (χ3n) is 15.9. The molecule has 0 spiro atoms. The van der Waals surface area contributed by atoms with Crippen LogP contribution < -0.4 is 0 Å². The number of hydrogen-bond donors (Lipinski definition) is 0. The Hall–Kier alpha value is -2.11. The first-order valence-electron chi connectivity index (χ1n) is 34.8. The molecule has 0 aliphatic rings. The second kappa shape index (κ2) is 66.4. The van der Waals surface area contributed by atoms with Crippen LogP contribution in [0.15, 0.2) is 24.3 Å². The van der Waals surface area contributed by atoms with E-state index >= 15 is 0 Å². The van der Waals surface area contributed by atoms with Gasteiger partial charge in [-0.3, -0.25) is 14.4 Å². The third kappa shape index (κ3) is 64.6. The Morgan fingerprint density at radius 3 is 0.766 bits per heavy atom. The van der Waals surface area contributed by atoms with Crippen LogP contribution in [0.5, 0.6) is 0 Å². The molecule has 1 atom stereocenters. The second-order valence-corrected chi connectivity index (χ2v) is 23.8. The van der Waals surface area contributed by atoms with Gasteiger partial charge in [0.15, 0.2) is 6.10 Å². The molecule has 0 radical (unpaired) electrons. The fourth-order valence-corrected chi connectivity index (χ4v) is 10.7. The van der Waals surface area contributed by atoms with Crippen LogP contribution in [0.2, 0.25) is 0 Å². The van der Waals surface area contributed by atoms with Crippen LogP contribution in [0.1, 0.15) is 393 Å². The fraction of sp³-hybridized carbons (Fsp3) is 0.901. The van der Waals surface area contributed by atoms with E-state index in [1.165, 1.54) is 270 Å². The molecular weight excluding hydrogens is 949 g/mol. The van der Waals surface area contributed by atoms with Gasteiger partial charge in [0.2, 0.25) is 0 Å². The molecule has 0 aromatic carbocycles. The zero-order valence-electron chi connectivity index (χ0n) is 52.3.